The van der Waals surface area contributed by atoms with Gasteiger partial charge in [0.2, 0.25) is 11.8 Å². The van der Waals surface area contributed by atoms with E-state index in [0.29, 0.717) is 12.8 Å². The smallest absolute Gasteiger partial charge is 0.246 e. The van der Waals surface area contributed by atoms with E-state index in [1.165, 1.54) is 0 Å². The Morgan fingerprint density at radius 3 is 2.50 bits per heavy atom. The quantitative estimate of drug-likeness (QED) is 0.796. The number of amides is 2. The van der Waals surface area contributed by atoms with E-state index in [-0.39, 0.29) is 11.8 Å². The van der Waals surface area contributed by atoms with Crippen LogP contribution in [-0.4, -0.2) is 17.9 Å². The van der Waals surface area contributed by atoms with Gasteiger partial charge in [-0.1, -0.05) is 0 Å². The van der Waals surface area contributed by atoms with Crippen molar-refractivity contribution in [3.05, 3.63) is 26.8 Å². The van der Waals surface area contributed by atoms with Crippen molar-refractivity contribution >= 4 is 40.1 Å². The lowest BCUT2D eigenvalue weighted by atomic mass is 10.1. The Hall–Kier alpha value is -1.11. The molecule has 5 heteroatoms. The summed E-state index contributed by atoms with van der Waals surface area (Å²) in [5.41, 5.74) is 2.93. The van der Waals surface area contributed by atoms with Crippen LogP contribution in [0, 0.1) is 17.4 Å². The predicted octanol–water partition coefficient (Wildman–Crippen LogP) is 2.13. The highest BCUT2D eigenvalue weighted by Crippen LogP contribution is 2.23. The first-order valence-corrected chi connectivity index (χ1v) is 6.92. The van der Waals surface area contributed by atoms with E-state index in [1.54, 1.807) is 0 Å². The van der Waals surface area contributed by atoms with Crippen LogP contribution in [0.2, 0.25) is 0 Å². The molecule has 0 radical (unpaired) electrons. The average molecular weight is 358 g/mol. The molecule has 0 aromatic heterocycles. The van der Waals surface area contributed by atoms with Gasteiger partial charge in [-0.25, -0.2) is 0 Å². The summed E-state index contributed by atoms with van der Waals surface area (Å²) >= 11 is 2.25. The number of anilines is 1. The number of benzene rings is 1. The van der Waals surface area contributed by atoms with Gasteiger partial charge in [0.1, 0.15) is 6.04 Å². The zero-order chi connectivity index (χ0) is 13.3. The van der Waals surface area contributed by atoms with Gasteiger partial charge in [0.15, 0.2) is 0 Å². The third-order valence-corrected chi connectivity index (χ3v) is 3.68. The molecule has 1 aliphatic rings. The van der Waals surface area contributed by atoms with Gasteiger partial charge in [-0.2, -0.15) is 0 Å². The summed E-state index contributed by atoms with van der Waals surface area (Å²) in [4.78, 5) is 23.1. The Kier molecular flexibility index (Phi) is 3.89. The molecule has 1 aliphatic heterocycles. The minimum atomic E-state index is -0.393. The van der Waals surface area contributed by atoms with E-state index in [0.717, 1.165) is 20.4 Å². The molecule has 0 spiro atoms. The minimum absolute atomic E-state index is 0.0498. The van der Waals surface area contributed by atoms with E-state index < -0.39 is 6.04 Å². The summed E-state index contributed by atoms with van der Waals surface area (Å²) in [6.45, 7) is 3.94. The first-order valence-electron chi connectivity index (χ1n) is 5.84. The second kappa shape index (κ2) is 5.26. The average Bonchev–Trinajstić information content (AvgIpc) is 2.70. The van der Waals surface area contributed by atoms with Crippen molar-refractivity contribution in [3.8, 4) is 0 Å². The predicted molar refractivity (Wildman–Crippen MR) is 78.4 cm³/mol. The van der Waals surface area contributed by atoms with Crippen LogP contribution in [0.4, 0.5) is 5.69 Å². The van der Waals surface area contributed by atoms with E-state index in [1.807, 2.05) is 26.0 Å². The molecule has 96 valence electrons. The standard InChI is InChI=1S/C13H15IN2O2/c1-7-5-9(14)6-8(2)12(7)16-13(18)10-3-4-11(17)15-10/h5-6,10H,3-4H2,1-2H3,(H,15,17)(H,16,18)/t10-/m0/s1. The maximum Gasteiger partial charge on any atom is 0.246 e. The lowest BCUT2D eigenvalue weighted by Gasteiger charge is -2.15. The number of hydrogen-bond donors (Lipinski definition) is 2. The van der Waals surface area contributed by atoms with Gasteiger partial charge in [-0.05, 0) is 66.1 Å². The van der Waals surface area contributed by atoms with Gasteiger partial charge >= 0.3 is 0 Å². The lowest BCUT2D eigenvalue weighted by Crippen LogP contribution is -2.37. The van der Waals surface area contributed by atoms with E-state index in [2.05, 4.69) is 33.2 Å². The molecule has 0 unspecified atom stereocenters. The van der Waals surface area contributed by atoms with E-state index in [9.17, 15) is 9.59 Å². The van der Waals surface area contributed by atoms with E-state index in [4.69, 9.17) is 0 Å². The van der Waals surface area contributed by atoms with Crippen LogP contribution in [0.15, 0.2) is 12.1 Å². The topological polar surface area (TPSA) is 58.2 Å². The zero-order valence-corrected chi connectivity index (χ0v) is 12.5. The largest absolute Gasteiger partial charge is 0.344 e. The summed E-state index contributed by atoms with van der Waals surface area (Å²) in [5.74, 6) is -0.181. The number of rotatable bonds is 2. The molecule has 1 saturated heterocycles. The van der Waals surface area contributed by atoms with Crippen LogP contribution in [0.25, 0.3) is 0 Å². The molecule has 18 heavy (non-hydrogen) atoms. The molecule has 1 fully saturated rings. The van der Waals surface area contributed by atoms with Gasteiger partial charge in [0.05, 0.1) is 0 Å². The number of halogens is 1. The molecule has 0 aliphatic carbocycles. The maximum absolute atomic E-state index is 12.0. The van der Waals surface area contributed by atoms with Crippen LogP contribution in [-0.2, 0) is 9.59 Å². The van der Waals surface area contributed by atoms with Crippen molar-refractivity contribution in [1.29, 1.82) is 0 Å². The van der Waals surface area contributed by atoms with Crippen LogP contribution in [0.1, 0.15) is 24.0 Å². The highest BCUT2D eigenvalue weighted by Gasteiger charge is 2.27. The van der Waals surface area contributed by atoms with Crippen molar-refractivity contribution in [1.82, 2.24) is 5.32 Å². The van der Waals surface area contributed by atoms with Crippen molar-refractivity contribution in [3.63, 3.8) is 0 Å². The molecule has 0 saturated carbocycles. The van der Waals surface area contributed by atoms with Crippen LogP contribution < -0.4 is 10.6 Å². The molecule has 1 aromatic rings. The molecular weight excluding hydrogens is 343 g/mol. The number of nitrogens with one attached hydrogen (secondary N) is 2. The maximum atomic E-state index is 12.0. The van der Waals surface area contributed by atoms with Gasteiger partial charge in [-0.3, -0.25) is 9.59 Å². The molecule has 0 bridgehead atoms. The third kappa shape index (κ3) is 2.82. The fraction of sp³-hybridized carbons (Fsp3) is 0.385. The fourth-order valence-electron chi connectivity index (χ4n) is 2.13. The number of carbonyl (C=O) groups is 2. The van der Waals surface area contributed by atoms with Gasteiger partial charge in [-0.15, -0.1) is 0 Å². The summed E-state index contributed by atoms with van der Waals surface area (Å²) in [6.07, 6.45) is 1.01. The molecule has 1 heterocycles. The van der Waals surface area contributed by atoms with Crippen molar-refractivity contribution in [2.24, 2.45) is 0 Å². The Morgan fingerprint density at radius 1 is 1.39 bits per heavy atom. The van der Waals surface area contributed by atoms with Gasteiger partial charge < -0.3 is 10.6 Å². The number of hydrogen-bond acceptors (Lipinski definition) is 2. The van der Waals surface area contributed by atoms with Crippen molar-refractivity contribution < 1.29 is 9.59 Å². The monoisotopic (exact) mass is 358 g/mol. The van der Waals surface area contributed by atoms with E-state index >= 15 is 0 Å². The van der Waals surface area contributed by atoms with Gasteiger partial charge in [0, 0.05) is 15.7 Å². The zero-order valence-electron chi connectivity index (χ0n) is 10.3. The molecule has 2 N–H and O–H groups in total. The number of carbonyl (C=O) groups excluding carboxylic acids is 2. The summed E-state index contributed by atoms with van der Waals surface area (Å²) in [5, 5.41) is 5.58. The SMILES string of the molecule is Cc1cc(I)cc(C)c1NC(=O)[C@@H]1CCC(=O)N1. The second-order valence-corrected chi connectivity index (χ2v) is 5.81. The Balaban J connectivity index is 2.14. The first kappa shape index (κ1) is 13.3. The molecule has 4 nitrogen and oxygen atoms in total. The summed E-state index contributed by atoms with van der Waals surface area (Å²) in [7, 11) is 0. The molecule has 1 atom stereocenters. The first-order chi connectivity index (χ1) is 8.47. The van der Waals surface area contributed by atoms with Crippen molar-refractivity contribution in [2.45, 2.75) is 32.7 Å². The summed E-state index contributed by atoms with van der Waals surface area (Å²) in [6, 6.07) is 3.66. The summed E-state index contributed by atoms with van der Waals surface area (Å²) < 4.78 is 1.15. The van der Waals surface area contributed by atoms with Crippen molar-refractivity contribution in [2.75, 3.05) is 5.32 Å². The fourth-order valence-corrected chi connectivity index (χ4v) is 3.06. The Morgan fingerprint density at radius 2 is 2.00 bits per heavy atom. The second-order valence-electron chi connectivity index (χ2n) is 4.56. The number of aryl methyl sites for hydroxylation is 2. The highest BCUT2D eigenvalue weighted by molar-refractivity contribution is 14.1. The Bertz CT molecular complexity index is 491. The molecular formula is C13H15IN2O2. The highest BCUT2D eigenvalue weighted by atomic mass is 127. The molecule has 1 aromatic carbocycles. The molecule has 2 amide bonds. The van der Waals surface area contributed by atoms with Gasteiger partial charge in [0.25, 0.3) is 0 Å². The van der Waals surface area contributed by atoms with Crippen LogP contribution >= 0.6 is 22.6 Å². The van der Waals surface area contributed by atoms with Crippen LogP contribution in [0.3, 0.4) is 0 Å². The van der Waals surface area contributed by atoms with Crippen LogP contribution in [0.5, 0.6) is 0 Å². The lowest BCUT2D eigenvalue weighted by molar-refractivity contribution is -0.122. The molecule has 2 rings (SSSR count). The minimum Gasteiger partial charge on any atom is -0.344 e. The third-order valence-electron chi connectivity index (χ3n) is 3.06. The Labute approximate surface area is 120 Å². The normalized spacial score (nSPS) is 18.6.